The topological polar surface area (TPSA) is 186 Å². The highest BCUT2D eigenvalue weighted by atomic mass is 19.2. The predicted octanol–water partition coefficient (Wildman–Crippen LogP) is 0.0650. The van der Waals surface area contributed by atoms with E-state index in [1.807, 2.05) is 0 Å². The summed E-state index contributed by atoms with van der Waals surface area (Å²) in [5, 5.41) is 25.5. The van der Waals surface area contributed by atoms with Gasteiger partial charge in [0.05, 0.1) is 37.2 Å². The summed E-state index contributed by atoms with van der Waals surface area (Å²) in [7, 11) is 0. The number of amides is 2. The summed E-state index contributed by atoms with van der Waals surface area (Å²) in [5.41, 5.74) is -1.68. The number of nitrogens with one attached hydrogen (secondary N) is 2. The molecule has 2 saturated heterocycles. The molecule has 2 aromatic rings. The average Bonchev–Trinajstić information content (AvgIpc) is 2.93. The van der Waals surface area contributed by atoms with Crippen LogP contribution in [0.1, 0.15) is 29.9 Å². The van der Waals surface area contributed by atoms with Gasteiger partial charge in [-0.25, -0.2) is 14.2 Å². The standard InChI is InChI=1S/C26H26F4N4O9/c1-9-19(36)13(6-12-15(27)16(28)22(30)34-21(12)29)32-23(37)17(33-24(38)18-14(35)4-3-5-31-18)10(2)42-26(40)20(43-25(9)39)11-7-41-8-11/h3-5,9-11,13,17,19-20,35-36H,6-8H2,1-2H3,(H,32,37)(H,33,38)/t9-,10-,13+,17+,19+,20?/m1/s1. The Bertz CT molecular complexity index is 1430. The van der Waals surface area contributed by atoms with Crippen molar-refractivity contribution in [3.63, 3.8) is 0 Å². The maximum absolute atomic E-state index is 14.5. The van der Waals surface area contributed by atoms with Gasteiger partial charge in [-0.2, -0.15) is 18.2 Å². The monoisotopic (exact) mass is 614 g/mol. The molecule has 0 spiro atoms. The molecule has 2 aromatic heterocycles. The van der Waals surface area contributed by atoms with Crippen LogP contribution in [0.3, 0.4) is 0 Å². The molecule has 0 saturated carbocycles. The number of hydrogen-bond donors (Lipinski definition) is 4. The highest BCUT2D eigenvalue weighted by molar-refractivity contribution is 5.98. The molecule has 0 aromatic carbocycles. The highest BCUT2D eigenvalue weighted by Gasteiger charge is 2.44. The molecule has 4 heterocycles. The molecule has 17 heteroatoms. The Morgan fingerprint density at radius 1 is 1.07 bits per heavy atom. The minimum Gasteiger partial charge on any atom is -0.505 e. The van der Waals surface area contributed by atoms with E-state index in [0.29, 0.717) is 0 Å². The number of halogens is 4. The number of pyridine rings is 2. The molecule has 2 aliphatic rings. The van der Waals surface area contributed by atoms with Crippen molar-refractivity contribution >= 4 is 23.8 Å². The second-order valence-corrected chi connectivity index (χ2v) is 10.0. The Morgan fingerprint density at radius 3 is 2.40 bits per heavy atom. The smallest absolute Gasteiger partial charge is 0.348 e. The molecular weight excluding hydrogens is 588 g/mol. The van der Waals surface area contributed by atoms with Crippen molar-refractivity contribution in [1.82, 2.24) is 20.6 Å². The highest BCUT2D eigenvalue weighted by Crippen LogP contribution is 2.25. The summed E-state index contributed by atoms with van der Waals surface area (Å²) >= 11 is 0. The van der Waals surface area contributed by atoms with Gasteiger partial charge in [0.2, 0.25) is 23.8 Å². The molecule has 2 amide bonds. The first-order chi connectivity index (χ1) is 20.3. The van der Waals surface area contributed by atoms with Gasteiger partial charge in [0.15, 0.2) is 11.5 Å². The van der Waals surface area contributed by atoms with Crippen molar-refractivity contribution in [2.45, 2.75) is 50.7 Å². The number of rotatable bonds is 5. The molecule has 4 rings (SSSR count). The Morgan fingerprint density at radius 2 is 1.77 bits per heavy atom. The predicted molar refractivity (Wildman–Crippen MR) is 132 cm³/mol. The minimum atomic E-state index is -2.12. The third-order valence-corrected chi connectivity index (χ3v) is 7.04. The van der Waals surface area contributed by atoms with E-state index in [9.17, 15) is 47.0 Å². The van der Waals surface area contributed by atoms with Crippen LogP contribution in [-0.4, -0.2) is 87.5 Å². The largest absolute Gasteiger partial charge is 0.505 e. The van der Waals surface area contributed by atoms with E-state index in [1.165, 1.54) is 19.2 Å². The number of hydrogen-bond acceptors (Lipinski definition) is 11. The van der Waals surface area contributed by atoms with Crippen LogP contribution in [0.25, 0.3) is 0 Å². The number of nitrogens with zero attached hydrogens (tertiary/aromatic N) is 2. The molecular formula is C26H26F4N4O9. The van der Waals surface area contributed by atoms with Crippen molar-refractivity contribution in [1.29, 1.82) is 0 Å². The van der Waals surface area contributed by atoms with E-state index in [0.717, 1.165) is 13.0 Å². The maximum Gasteiger partial charge on any atom is 0.348 e. The average molecular weight is 615 g/mol. The molecule has 1 unspecified atom stereocenters. The van der Waals surface area contributed by atoms with E-state index in [2.05, 4.69) is 20.6 Å². The summed E-state index contributed by atoms with van der Waals surface area (Å²) in [5.74, 6) is -15.3. The zero-order valence-corrected chi connectivity index (χ0v) is 22.6. The molecule has 6 atom stereocenters. The second kappa shape index (κ2) is 12.9. The third kappa shape index (κ3) is 6.67. The summed E-state index contributed by atoms with van der Waals surface area (Å²) < 4.78 is 72.1. The fourth-order valence-corrected chi connectivity index (χ4v) is 4.42. The van der Waals surface area contributed by atoms with Crippen LogP contribution >= 0.6 is 0 Å². The van der Waals surface area contributed by atoms with Gasteiger partial charge < -0.3 is 35.1 Å². The normalized spacial score (nSPS) is 27.1. The fourth-order valence-electron chi connectivity index (χ4n) is 4.42. The number of ether oxygens (including phenoxy) is 3. The number of carbonyl (C=O) groups excluding carboxylic acids is 4. The zero-order chi connectivity index (χ0) is 31.6. The lowest BCUT2D eigenvalue weighted by atomic mass is 9.92. The van der Waals surface area contributed by atoms with Crippen molar-refractivity contribution in [2.24, 2.45) is 11.8 Å². The Kier molecular flexibility index (Phi) is 9.44. The lowest BCUT2D eigenvalue weighted by molar-refractivity contribution is -0.192. The van der Waals surface area contributed by atoms with Crippen LogP contribution in [0.15, 0.2) is 18.3 Å². The number of cyclic esters (lactones) is 2. The molecule has 0 radical (unpaired) electrons. The number of carbonyl (C=O) groups is 4. The first-order valence-electron chi connectivity index (χ1n) is 12.9. The van der Waals surface area contributed by atoms with Gasteiger partial charge in [-0.15, -0.1) is 0 Å². The third-order valence-electron chi connectivity index (χ3n) is 7.04. The van der Waals surface area contributed by atoms with E-state index in [1.54, 1.807) is 0 Å². The SMILES string of the molecule is C[C@H]1OC(=O)C(C2COC2)OC(=O)[C@H](C)[C@H](O)[C@H](Cc2c(F)nc(F)c(F)c2F)NC(=O)[C@H]1NC(=O)c1ncccc1O. The summed E-state index contributed by atoms with van der Waals surface area (Å²) in [4.78, 5) is 58.8. The van der Waals surface area contributed by atoms with Crippen molar-refractivity contribution in [2.75, 3.05) is 13.2 Å². The van der Waals surface area contributed by atoms with Gasteiger partial charge in [0.1, 0.15) is 17.9 Å². The van der Waals surface area contributed by atoms with Crippen molar-refractivity contribution in [3.8, 4) is 5.75 Å². The molecule has 2 aliphatic heterocycles. The molecule has 232 valence electrons. The summed E-state index contributed by atoms with van der Waals surface area (Å²) in [6.45, 7) is 2.32. The first kappa shape index (κ1) is 31.6. The number of aromatic hydroxyl groups is 1. The summed E-state index contributed by atoms with van der Waals surface area (Å²) in [6.07, 6.45) is -4.95. The first-order valence-corrected chi connectivity index (χ1v) is 12.9. The van der Waals surface area contributed by atoms with E-state index in [-0.39, 0.29) is 13.2 Å². The van der Waals surface area contributed by atoms with Crippen LogP contribution in [0.2, 0.25) is 0 Å². The molecule has 13 nitrogen and oxygen atoms in total. The maximum atomic E-state index is 14.5. The van der Waals surface area contributed by atoms with Gasteiger partial charge in [-0.1, -0.05) is 0 Å². The Labute approximate surface area is 240 Å². The fraction of sp³-hybridized carbons (Fsp3) is 0.462. The number of esters is 2. The van der Waals surface area contributed by atoms with Crippen LogP contribution in [-0.2, 0) is 35.0 Å². The quantitative estimate of drug-likeness (QED) is 0.203. The molecule has 2 fully saturated rings. The van der Waals surface area contributed by atoms with Crippen LogP contribution < -0.4 is 10.6 Å². The van der Waals surface area contributed by atoms with Gasteiger partial charge >= 0.3 is 11.9 Å². The van der Waals surface area contributed by atoms with Crippen LogP contribution in [0.4, 0.5) is 17.6 Å². The van der Waals surface area contributed by atoms with E-state index < -0.39 is 113 Å². The minimum absolute atomic E-state index is 0.00226. The van der Waals surface area contributed by atoms with Gasteiger partial charge in [0, 0.05) is 18.2 Å². The van der Waals surface area contributed by atoms with Gasteiger partial charge in [-0.05, 0) is 26.0 Å². The van der Waals surface area contributed by atoms with Gasteiger partial charge in [0.25, 0.3) is 11.9 Å². The molecule has 0 bridgehead atoms. The van der Waals surface area contributed by atoms with Crippen LogP contribution in [0.5, 0.6) is 5.75 Å². The van der Waals surface area contributed by atoms with E-state index in [4.69, 9.17) is 14.2 Å². The van der Waals surface area contributed by atoms with E-state index >= 15 is 0 Å². The van der Waals surface area contributed by atoms with Crippen molar-refractivity contribution < 1.29 is 61.2 Å². The second-order valence-electron chi connectivity index (χ2n) is 10.0. The zero-order valence-electron chi connectivity index (χ0n) is 22.6. The lowest BCUT2D eigenvalue weighted by Crippen LogP contribution is -2.60. The number of aliphatic hydroxyl groups is 1. The van der Waals surface area contributed by atoms with Gasteiger partial charge in [-0.3, -0.25) is 14.4 Å². The Balaban J connectivity index is 1.73. The lowest BCUT2D eigenvalue weighted by Gasteiger charge is -2.36. The Hall–Kier alpha value is -4.38. The summed E-state index contributed by atoms with van der Waals surface area (Å²) in [6, 6.07) is -1.14. The molecule has 43 heavy (non-hydrogen) atoms. The number of aliphatic hydroxyl groups excluding tert-OH is 1. The number of aromatic nitrogens is 2. The van der Waals surface area contributed by atoms with Crippen molar-refractivity contribution in [3.05, 3.63) is 53.1 Å². The van der Waals surface area contributed by atoms with Crippen LogP contribution in [0, 0.1) is 35.4 Å². The molecule has 4 N–H and O–H groups in total. The molecule has 0 aliphatic carbocycles.